The number of methoxy groups -OCH3 is 1. The van der Waals surface area contributed by atoms with Crippen LogP contribution in [0.15, 0.2) is 41.3 Å². The van der Waals surface area contributed by atoms with Gasteiger partial charge in [-0.25, -0.2) is 21.9 Å². The van der Waals surface area contributed by atoms with Gasteiger partial charge in [-0.1, -0.05) is 0 Å². The molecule has 2 amide bonds. The number of hydrogen-bond acceptors (Lipinski definition) is 5. The van der Waals surface area contributed by atoms with Crippen LogP contribution in [0.4, 0.5) is 14.5 Å². The van der Waals surface area contributed by atoms with E-state index in [4.69, 9.17) is 4.74 Å². The molecule has 1 aliphatic rings. The number of hydrogen-bond donors (Lipinski definition) is 3. The van der Waals surface area contributed by atoms with Gasteiger partial charge in [0.25, 0.3) is 5.91 Å². The van der Waals surface area contributed by atoms with Crippen LogP contribution >= 0.6 is 0 Å². The van der Waals surface area contributed by atoms with Gasteiger partial charge in [0.05, 0.1) is 13.7 Å². The van der Waals surface area contributed by atoms with Gasteiger partial charge in [0.2, 0.25) is 15.9 Å². The van der Waals surface area contributed by atoms with E-state index in [1.165, 1.54) is 25.3 Å². The molecule has 2 aromatic rings. The number of halogens is 2. The number of nitrogens with one attached hydrogen (secondary N) is 3. The highest BCUT2D eigenvalue weighted by atomic mass is 32.2. The van der Waals surface area contributed by atoms with Crippen molar-refractivity contribution in [3.05, 3.63) is 53.6 Å². The van der Waals surface area contributed by atoms with Crippen molar-refractivity contribution in [2.45, 2.75) is 23.8 Å². The molecule has 0 aliphatic heterocycles. The first-order valence-electron chi connectivity index (χ1n) is 8.93. The monoisotopic (exact) mass is 439 g/mol. The molecule has 1 saturated carbocycles. The average Bonchev–Trinajstić information content (AvgIpc) is 3.51. The Balaban J connectivity index is 1.66. The van der Waals surface area contributed by atoms with Crippen molar-refractivity contribution in [1.29, 1.82) is 0 Å². The Kier molecular flexibility index (Phi) is 6.32. The maximum Gasteiger partial charge on any atom is 0.251 e. The minimum absolute atomic E-state index is 0.00704. The molecule has 2 aromatic carbocycles. The van der Waals surface area contributed by atoms with E-state index < -0.39 is 40.0 Å². The molecule has 0 radical (unpaired) electrons. The highest BCUT2D eigenvalue weighted by molar-refractivity contribution is 7.89. The molecular weight excluding hydrogens is 420 g/mol. The molecule has 0 saturated heterocycles. The Morgan fingerprint density at radius 3 is 2.47 bits per heavy atom. The number of sulfonamides is 1. The largest absolute Gasteiger partial charge is 0.495 e. The molecule has 0 atom stereocenters. The fourth-order valence-corrected chi connectivity index (χ4v) is 4.05. The van der Waals surface area contributed by atoms with Crippen molar-refractivity contribution in [3.63, 3.8) is 0 Å². The van der Waals surface area contributed by atoms with Gasteiger partial charge in [-0.3, -0.25) is 9.59 Å². The molecule has 0 spiro atoms. The summed E-state index contributed by atoms with van der Waals surface area (Å²) in [7, 11) is -2.56. The zero-order valence-corrected chi connectivity index (χ0v) is 16.7. The molecule has 8 nitrogen and oxygen atoms in total. The summed E-state index contributed by atoms with van der Waals surface area (Å²) in [6.45, 7) is -0.466. The van der Waals surface area contributed by atoms with Crippen molar-refractivity contribution in [2.75, 3.05) is 19.0 Å². The van der Waals surface area contributed by atoms with Gasteiger partial charge >= 0.3 is 0 Å². The molecule has 0 bridgehead atoms. The summed E-state index contributed by atoms with van der Waals surface area (Å²) in [5, 5.41) is 4.65. The van der Waals surface area contributed by atoms with Crippen molar-refractivity contribution in [3.8, 4) is 5.75 Å². The summed E-state index contributed by atoms with van der Waals surface area (Å²) < 4.78 is 58.7. The van der Waals surface area contributed by atoms with E-state index in [0.717, 1.165) is 31.0 Å². The quantitative estimate of drug-likeness (QED) is 0.580. The average molecular weight is 439 g/mol. The van der Waals surface area contributed by atoms with E-state index in [2.05, 4.69) is 15.4 Å². The summed E-state index contributed by atoms with van der Waals surface area (Å²) in [5.74, 6) is -3.46. The lowest BCUT2D eigenvalue weighted by Crippen LogP contribution is -2.33. The second-order valence-electron chi connectivity index (χ2n) is 6.62. The Hall–Kier alpha value is -3.05. The van der Waals surface area contributed by atoms with Crippen molar-refractivity contribution < 1.29 is 31.5 Å². The van der Waals surface area contributed by atoms with Gasteiger partial charge in [-0.2, -0.15) is 0 Å². The molecule has 3 rings (SSSR count). The Bertz CT molecular complexity index is 1090. The summed E-state index contributed by atoms with van der Waals surface area (Å²) in [5.41, 5.74) is 0.0322. The molecule has 0 unspecified atom stereocenters. The Morgan fingerprint density at radius 1 is 1.10 bits per heavy atom. The minimum Gasteiger partial charge on any atom is -0.495 e. The summed E-state index contributed by atoms with van der Waals surface area (Å²) in [6.07, 6.45) is 1.49. The molecule has 160 valence electrons. The second kappa shape index (κ2) is 8.76. The van der Waals surface area contributed by atoms with E-state index in [1.807, 2.05) is 0 Å². The number of amides is 2. The number of benzene rings is 2. The van der Waals surface area contributed by atoms with Crippen LogP contribution in [0.3, 0.4) is 0 Å². The zero-order chi connectivity index (χ0) is 21.9. The van der Waals surface area contributed by atoms with Gasteiger partial charge < -0.3 is 15.4 Å². The smallest absolute Gasteiger partial charge is 0.251 e. The molecule has 30 heavy (non-hydrogen) atoms. The van der Waals surface area contributed by atoms with Gasteiger partial charge in [-0.15, -0.1) is 0 Å². The zero-order valence-electron chi connectivity index (χ0n) is 15.9. The molecule has 1 aliphatic carbocycles. The third kappa shape index (κ3) is 5.30. The van der Waals surface area contributed by atoms with Crippen LogP contribution in [0.2, 0.25) is 0 Å². The van der Waals surface area contributed by atoms with Crippen molar-refractivity contribution >= 4 is 27.5 Å². The van der Waals surface area contributed by atoms with Crippen molar-refractivity contribution in [2.24, 2.45) is 0 Å². The first-order chi connectivity index (χ1) is 14.2. The number of rotatable bonds is 8. The fourth-order valence-electron chi connectivity index (χ4n) is 2.55. The second-order valence-corrected chi connectivity index (χ2v) is 8.30. The predicted molar refractivity (Wildman–Crippen MR) is 104 cm³/mol. The number of carbonyl (C=O) groups is 2. The minimum atomic E-state index is -3.88. The fraction of sp³-hybridized carbons (Fsp3) is 0.263. The molecular formula is C19H19F2N3O5S. The highest BCUT2D eigenvalue weighted by Crippen LogP contribution is 2.28. The standard InChI is InChI=1S/C19H19F2N3O5S/c1-29-16-7-2-11(8-17(16)30(27,28)24-12-3-4-12)19(26)22-10-18(25)23-13-5-6-14(20)15(21)9-13/h2,5-9,12,24H,3-4,10H2,1H3,(H,22,26)(H,23,25). The van der Waals surface area contributed by atoms with E-state index in [1.54, 1.807) is 0 Å². The summed E-state index contributed by atoms with van der Waals surface area (Å²) in [6, 6.07) is 6.57. The summed E-state index contributed by atoms with van der Waals surface area (Å²) in [4.78, 5) is 24.1. The van der Waals surface area contributed by atoms with Crippen LogP contribution in [-0.4, -0.2) is 39.9 Å². The van der Waals surface area contributed by atoms with Gasteiger partial charge in [-0.05, 0) is 43.2 Å². The molecule has 0 aromatic heterocycles. The maximum absolute atomic E-state index is 13.2. The van der Waals surface area contributed by atoms with Gasteiger partial charge in [0.1, 0.15) is 10.6 Å². The van der Waals surface area contributed by atoms with Crippen LogP contribution in [0.1, 0.15) is 23.2 Å². The third-order valence-electron chi connectivity index (χ3n) is 4.23. The van der Waals surface area contributed by atoms with Gasteiger partial charge in [0, 0.05) is 23.4 Å². The van der Waals surface area contributed by atoms with Crippen LogP contribution in [-0.2, 0) is 14.8 Å². The van der Waals surface area contributed by atoms with Crippen LogP contribution < -0.4 is 20.1 Å². The molecule has 3 N–H and O–H groups in total. The topological polar surface area (TPSA) is 114 Å². The highest BCUT2D eigenvalue weighted by Gasteiger charge is 2.30. The molecule has 1 fully saturated rings. The Labute approximate surface area is 171 Å². The molecule has 0 heterocycles. The van der Waals surface area contributed by atoms with Crippen LogP contribution in [0.5, 0.6) is 5.75 Å². The Morgan fingerprint density at radius 2 is 1.83 bits per heavy atom. The number of ether oxygens (including phenoxy) is 1. The van der Waals surface area contributed by atoms with E-state index in [9.17, 15) is 26.8 Å². The predicted octanol–water partition coefficient (Wildman–Crippen LogP) is 1.78. The lowest BCUT2D eigenvalue weighted by Gasteiger charge is -2.12. The first-order valence-corrected chi connectivity index (χ1v) is 10.4. The van der Waals surface area contributed by atoms with Crippen LogP contribution in [0.25, 0.3) is 0 Å². The van der Waals surface area contributed by atoms with E-state index in [-0.39, 0.29) is 27.9 Å². The summed E-state index contributed by atoms with van der Waals surface area (Å²) >= 11 is 0. The SMILES string of the molecule is COc1ccc(C(=O)NCC(=O)Nc2ccc(F)c(F)c2)cc1S(=O)(=O)NC1CC1. The van der Waals surface area contributed by atoms with Crippen LogP contribution in [0, 0.1) is 11.6 Å². The lowest BCUT2D eigenvalue weighted by atomic mass is 10.2. The maximum atomic E-state index is 13.2. The lowest BCUT2D eigenvalue weighted by molar-refractivity contribution is -0.115. The first kappa shape index (κ1) is 21.7. The molecule has 11 heteroatoms. The number of anilines is 1. The number of carbonyl (C=O) groups excluding carboxylic acids is 2. The third-order valence-corrected chi connectivity index (χ3v) is 5.77. The van der Waals surface area contributed by atoms with E-state index in [0.29, 0.717) is 0 Å². The van der Waals surface area contributed by atoms with Gasteiger partial charge in [0.15, 0.2) is 11.6 Å². The van der Waals surface area contributed by atoms with Crippen molar-refractivity contribution in [1.82, 2.24) is 10.0 Å². The van der Waals surface area contributed by atoms with E-state index >= 15 is 0 Å². The normalized spacial score (nSPS) is 13.6.